The number of aromatic nitrogens is 2. The third-order valence-electron chi connectivity index (χ3n) is 3.63. The van der Waals surface area contributed by atoms with Crippen LogP contribution in [0.5, 0.6) is 0 Å². The Kier molecular flexibility index (Phi) is 3.28. The summed E-state index contributed by atoms with van der Waals surface area (Å²) < 4.78 is 11.0. The maximum atomic E-state index is 6.09. The van der Waals surface area contributed by atoms with Crippen LogP contribution in [0.2, 0.25) is 0 Å². The fourth-order valence-electron chi connectivity index (χ4n) is 2.06. The number of hydrogen-bond acceptors (Lipinski definition) is 5. The molecule has 5 heteroatoms. The minimum absolute atomic E-state index is 0.245. The maximum absolute atomic E-state index is 6.09. The highest BCUT2D eigenvalue weighted by Gasteiger charge is 2.21. The first kappa shape index (κ1) is 12.9. The number of para-hydroxylation sites is 1. The predicted molar refractivity (Wildman–Crippen MR) is 75.9 cm³/mol. The summed E-state index contributed by atoms with van der Waals surface area (Å²) in [4.78, 5) is 4.35. The van der Waals surface area contributed by atoms with Crippen LogP contribution in [0, 0.1) is 5.92 Å². The molecule has 0 fully saturated rings. The van der Waals surface area contributed by atoms with Gasteiger partial charge in [0, 0.05) is 5.39 Å². The Bertz CT molecular complexity index is 684. The van der Waals surface area contributed by atoms with Crippen molar-refractivity contribution in [2.24, 2.45) is 11.7 Å². The molecule has 1 aromatic carbocycles. The molecular formula is C15H17N3O2. The van der Waals surface area contributed by atoms with Gasteiger partial charge in [-0.1, -0.05) is 43.6 Å². The van der Waals surface area contributed by atoms with Crippen LogP contribution in [-0.2, 0) is 0 Å². The summed E-state index contributed by atoms with van der Waals surface area (Å²) >= 11 is 0. The molecule has 2 atom stereocenters. The number of fused-ring (bicyclic) bond motifs is 1. The van der Waals surface area contributed by atoms with Crippen LogP contribution < -0.4 is 5.73 Å². The van der Waals surface area contributed by atoms with E-state index in [-0.39, 0.29) is 6.04 Å². The molecule has 0 bridgehead atoms. The van der Waals surface area contributed by atoms with Crippen LogP contribution in [0.15, 0.2) is 39.3 Å². The third-order valence-corrected chi connectivity index (χ3v) is 3.63. The van der Waals surface area contributed by atoms with Gasteiger partial charge in [0.25, 0.3) is 0 Å². The minimum Gasteiger partial charge on any atom is -0.453 e. The van der Waals surface area contributed by atoms with Gasteiger partial charge in [-0.05, 0) is 18.1 Å². The van der Waals surface area contributed by atoms with Gasteiger partial charge in [-0.25, -0.2) is 0 Å². The quantitative estimate of drug-likeness (QED) is 0.785. The fraction of sp³-hybridized carbons (Fsp3) is 0.333. The lowest BCUT2D eigenvalue weighted by Crippen LogP contribution is -2.18. The van der Waals surface area contributed by atoms with Crippen LogP contribution in [-0.4, -0.2) is 10.1 Å². The lowest BCUT2D eigenvalue weighted by molar-refractivity contribution is 0.312. The molecule has 5 nitrogen and oxygen atoms in total. The van der Waals surface area contributed by atoms with E-state index in [4.69, 9.17) is 14.7 Å². The molecule has 3 aromatic rings. The van der Waals surface area contributed by atoms with Crippen molar-refractivity contribution in [3.05, 3.63) is 36.2 Å². The largest absolute Gasteiger partial charge is 0.453 e. The number of rotatable bonds is 4. The third kappa shape index (κ3) is 2.20. The van der Waals surface area contributed by atoms with Crippen LogP contribution >= 0.6 is 0 Å². The summed E-state index contributed by atoms with van der Waals surface area (Å²) in [6.07, 6.45) is 0.962. The molecular weight excluding hydrogens is 254 g/mol. The summed E-state index contributed by atoms with van der Waals surface area (Å²) in [7, 11) is 0. The Morgan fingerprint density at radius 3 is 2.85 bits per heavy atom. The Labute approximate surface area is 116 Å². The van der Waals surface area contributed by atoms with Gasteiger partial charge in [-0.2, -0.15) is 4.98 Å². The van der Waals surface area contributed by atoms with Crippen molar-refractivity contribution < 1.29 is 8.94 Å². The van der Waals surface area contributed by atoms with Crippen molar-refractivity contribution in [3.63, 3.8) is 0 Å². The Balaban J connectivity index is 1.93. The summed E-state index contributed by atoms with van der Waals surface area (Å²) in [5.74, 6) is 1.78. The molecule has 3 rings (SSSR count). The van der Waals surface area contributed by atoms with Crippen molar-refractivity contribution in [2.45, 2.75) is 26.3 Å². The monoisotopic (exact) mass is 271 g/mol. The molecule has 2 aromatic heterocycles. The number of furan rings is 1. The highest BCUT2D eigenvalue weighted by Crippen LogP contribution is 2.27. The van der Waals surface area contributed by atoms with E-state index in [1.165, 1.54) is 0 Å². The van der Waals surface area contributed by atoms with Crippen molar-refractivity contribution in [2.75, 3.05) is 0 Å². The van der Waals surface area contributed by atoms with E-state index in [1.54, 1.807) is 0 Å². The topological polar surface area (TPSA) is 78.1 Å². The van der Waals surface area contributed by atoms with E-state index >= 15 is 0 Å². The standard InChI is InChI=1S/C15H17N3O2/c1-3-9(2)13(16)15-17-14(18-20-15)12-8-10-6-4-5-7-11(10)19-12/h4-9,13H,3,16H2,1-2H3/t9?,13-/m0/s1. The molecule has 0 spiro atoms. The van der Waals surface area contributed by atoms with Crippen molar-refractivity contribution in [1.82, 2.24) is 10.1 Å². The van der Waals surface area contributed by atoms with Gasteiger partial charge in [-0.15, -0.1) is 0 Å². The lowest BCUT2D eigenvalue weighted by Gasteiger charge is -2.12. The molecule has 0 aliphatic heterocycles. The number of benzene rings is 1. The molecule has 0 amide bonds. The van der Waals surface area contributed by atoms with Crippen molar-refractivity contribution in [3.8, 4) is 11.6 Å². The van der Waals surface area contributed by atoms with E-state index in [0.717, 1.165) is 17.4 Å². The number of nitrogens with zero attached hydrogens (tertiary/aromatic N) is 2. The Morgan fingerprint density at radius 2 is 2.10 bits per heavy atom. The Morgan fingerprint density at radius 1 is 1.30 bits per heavy atom. The highest BCUT2D eigenvalue weighted by atomic mass is 16.5. The molecule has 2 N–H and O–H groups in total. The molecule has 20 heavy (non-hydrogen) atoms. The van der Waals surface area contributed by atoms with E-state index in [1.807, 2.05) is 30.3 Å². The summed E-state index contributed by atoms with van der Waals surface area (Å²) in [6.45, 7) is 4.15. The Hall–Kier alpha value is -2.14. The molecule has 0 aliphatic carbocycles. The van der Waals surface area contributed by atoms with Crippen molar-refractivity contribution in [1.29, 1.82) is 0 Å². The summed E-state index contributed by atoms with van der Waals surface area (Å²) in [6, 6.07) is 9.43. The fourth-order valence-corrected chi connectivity index (χ4v) is 2.06. The van der Waals surface area contributed by atoms with E-state index in [2.05, 4.69) is 24.0 Å². The molecule has 0 radical (unpaired) electrons. The molecule has 0 aliphatic rings. The SMILES string of the molecule is CCC(C)[C@H](N)c1nc(-c2cc3ccccc3o2)no1. The normalized spacial score (nSPS) is 14.6. The van der Waals surface area contributed by atoms with Gasteiger partial charge in [-0.3, -0.25) is 0 Å². The molecule has 2 heterocycles. The molecule has 0 saturated heterocycles. The summed E-state index contributed by atoms with van der Waals surface area (Å²) in [5, 5.41) is 4.97. The molecule has 1 unspecified atom stereocenters. The van der Waals surface area contributed by atoms with Gasteiger partial charge in [0.15, 0.2) is 5.76 Å². The van der Waals surface area contributed by atoms with Crippen LogP contribution in [0.25, 0.3) is 22.6 Å². The van der Waals surface area contributed by atoms with Gasteiger partial charge in [0.2, 0.25) is 11.7 Å². The van der Waals surface area contributed by atoms with Gasteiger partial charge >= 0.3 is 0 Å². The van der Waals surface area contributed by atoms with Gasteiger partial charge in [0.1, 0.15) is 5.58 Å². The van der Waals surface area contributed by atoms with Gasteiger partial charge < -0.3 is 14.7 Å². The first-order valence-electron chi connectivity index (χ1n) is 6.77. The van der Waals surface area contributed by atoms with E-state index < -0.39 is 0 Å². The predicted octanol–water partition coefficient (Wildman–Crippen LogP) is 3.53. The molecule has 104 valence electrons. The number of hydrogen-bond donors (Lipinski definition) is 1. The van der Waals surface area contributed by atoms with Crippen molar-refractivity contribution >= 4 is 11.0 Å². The summed E-state index contributed by atoms with van der Waals surface area (Å²) in [5.41, 5.74) is 6.89. The first-order valence-corrected chi connectivity index (χ1v) is 6.77. The second-order valence-corrected chi connectivity index (χ2v) is 5.02. The van der Waals surface area contributed by atoms with E-state index in [9.17, 15) is 0 Å². The zero-order valence-electron chi connectivity index (χ0n) is 11.5. The average molecular weight is 271 g/mol. The zero-order valence-corrected chi connectivity index (χ0v) is 11.5. The van der Waals surface area contributed by atoms with E-state index in [0.29, 0.717) is 23.4 Å². The maximum Gasteiger partial charge on any atom is 0.244 e. The van der Waals surface area contributed by atoms with Crippen LogP contribution in [0.3, 0.4) is 0 Å². The van der Waals surface area contributed by atoms with Gasteiger partial charge in [0.05, 0.1) is 6.04 Å². The second-order valence-electron chi connectivity index (χ2n) is 5.02. The first-order chi connectivity index (χ1) is 9.69. The number of nitrogens with two attached hydrogens (primary N) is 1. The van der Waals surface area contributed by atoms with Crippen LogP contribution in [0.1, 0.15) is 32.2 Å². The molecule has 0 saturated carbocycles. The minimum atomic E-state index is -0.245. The average Bonchev–Trinajstić information content (AvgIpc) is 3.11. The lowest BCUT2D eigenvalue weighted by atomic mass is 10.0. The van der Waals surface area contributed by atoms with Crippen LogP contribution in [0.4, 0.5) is 0 Å². The zero-order chi connectivity index (χ0) is 14.1. The second kappa shape index (κ2) is 5.09. The highest BCUT2D eigenvalue weighted by molar-refractivity contribution is 5.81. The smallest absolute Gasteiger partial charge is 0.244 e.